The first kappa shape index (κ1) is 23.1. The fourth-order valence-electron chi connectivity index (χ4n) is 5.34. The summed E-state index contributed by atoms with van der Waals surface area (Å²) < 4.78 is 41.3. The van der Waals surface area contributed by atoms with Gasteiger partial charge in [-0.1, -0.05) is 0 Å². The van der Waals surface area contributed by atoms with Gasteiger partial charge in [0.15, 0.2) is 0 Å². The molecule has 0 unspecified atom stereocenters. The van der Waals surface area contributed by atoms with Crippen molar-refractivity contribution in [1.82, 2.24) is 14.5 Å². The van der Waals surface area contributed by atoms with Crippen LogP contribution in [-0.2, 0) is 35.3 Å². The lowest BCUT2D eigenvalue weighted by atomic mass is 9.81. The molecule has 0 N–H and O–H groups in total. The zero-order valence-electron chi connectivity index (χ0n) is 18.7. The minimum atomic E-state index is -4.35. The Morgan fingerprint density at radius 3 is 2.74 bits per heavy atom. The lowest BCUT2D eigenvalue weighted by molar-refractivity contribution is -0.135. The topological polar surface area (TPSA) is 55.2 Å². The summed E-state index contributed by atoms with van der Waals surface area (Å²) in [5.41, 5.74) is 3.41. The quantitative estimate of drug-likeness (QED) is 0.448. The molecule has 1 fully saturated rings. The molecular formula is C25H26F3N3O2S. The molecule has 9 heteroatoms. The molecule has 1 aliphatic carbocycles. The molecule has 0 radical (unpaired) electrons. The molecule has 5 nitrogen and oxygen atoms in total. The standard InChI is InChI=1S/C25H26F3N3O2S/c26-25(27,28)22-10-18(15-34-22)12-31-21-13-30(9-7-19(21)20-2-1-8-29-24(20)31)23(33)11-16-3-5-17(14-32)6-4-16/h1-2,8,10,14-17H,3-7,9,11-13H2. The minimum Gasteiger partial charge on any atom is -0.337 e. The number of hydrogen-bond donors (Lipinski definition) is 0. The van der Waals surface area contributed by atoms with Gasteiger partial charge in [-0.15, -0.1) is 11.3 Å². The maximum Gasteiger partial charge on any atom is 0.425 e. The van der Waals surface area contributed by atoms with Crippen LogP contribution in [0.2, 0.25) is 0 Å². The summed E-state index contributed by atoms with van der Waals surface area (Å²) in [7, 11) is 0. The number of nitrogens with zero attached hydrogens (tertiary/aromatic N) is 3. The van der Waals surface area contributed by atoms with Crippen LogP contribution in [0.1, 0.15) is 53.8 Å². The van der Waals surface area contributed by atoms with Crippen molar-refractivity contribution in [3.63, 3.8) is 0 Å². The highest BCUT2D eigenvalue weighted by atomic mass is 32.1. The maximum atomic E-state index is 13.1. The molecule has 0 aromatic carbocycles. The lowest BCUT2D eigenvalue weighted by Gasteiger charge is -2.31. The average molecular weight is 490 g/mol. The van der Waals surface area contributed by atoms with E-state index in [9.17, 15) is 22.8 Å². The van der Waals surface area contributed by atoms with Crippen LogP contribution in [-0.4, -0.2) is 33.2 Å². The number of thiophene rings is 1. The van der Waals surface area contributed by atoms with Crippen LogP contribution in [0, 0.1) is 11.8 Å². The molecule has 34 heavy (non-hydrogen) atoms. The van der Waals surface area contributed by atoms with Gasteiger partial charge in [0.2, 0.25) is 5.91 Å². The Hall–Kier alpha value is -2.68. The number of alkyl halides is 3. The molecule has 1 saturated carbocycles. The third-order valence-corrected chi connectivity index (χ3v) is 8.21. The SMILES string of the molecule is O=CC1CCC(CC(=O)N2CCc3c(n(Cc4csc(C(F)(F)F)c4)c4ncccc34)C2)CC1. The molecule has 1 aliphatic heterocycles. The fraction of sp³-hybridized carbons (Fsp3) is 0.480. The second-order valence-electron chi connectivity index (χ2n) is 9.39. The van der Waals surface area contributed by atoms with Crippen molar-refractivity contribution >= 4 is 34.6 Å². The first-order chi connectivity index (χ1) is 16.3. The number of rotatable bonds is 5. The van der Waals surface area contributed by atoms with Crippen molar-refractivity contribution in [3.05, 3.63) is 51.5 Å². The van der Waals surface area contributed by atoms with E-state index in [1.807, 2.05) is 21.6 Å². The molecule has 1 amide bonds. The number of hydrogen-bond acceptors (Lipinski definition) is 4. The van der Waals surface area contributed by atoms with E-state index >= 15 is 0 Å². The van der Waals surface area contributed by atoms with E-state index < -0.39 is 11.1 Å². The zero-order chi connectivity index (χ0) is 23.9. The minimum absolute atomic E-state index is 0.111. The molecular weight excluding hydrogens is 463 g/mol. The summed E-state index contributed by atoms with van der Waals surface area (Å²) in [4.78, 5) is 29.9. The average Bonchev–Trinajstić information content (AvgIpc) is 3.43. The van der Waals surface area contributed by atoms with Gasteiger partial charge in [-0.25, -0.2) is 4.98 Å². The number of carbonyl (C=O) groups is 2. The van der Waals surface area contributed by atoms with Gasteiger partial charge in [0, 0.05) is 36.2 Å². The Balaban J connectivity index is 1.38. The number of carbonyl (C=O) groups excluding carboxylic acids is 2. The summed E-state index contributed by atoms with van der Waals surface area (Å²) in [6, 6.07) is 5.06. The summed E-state index contributed by atoms with van der Waals surface area (Å²) in [6.45, 7) is 1.35. The van der Waals surface area contributed by atoms with Gasteiger partial charge in [-0.2, -0.15) is 13.2 Å². The van der Waals surface area contributed by atoms with Gasteiger partial charge in [-0.3, -0.25) is 4.79 Å². The van der Waals surface area contributed by atoms with Crippen molar-refractivity contribution in [2.75, 3.05) is 6.54 Å². The van der Waals surface area contributed by atoms with Crippen LogP contribution < -0.4 is 0 Å². The molecule has 0 spiro atoms. The monoisotopic (exact) mass is 489 g/mol. The Morgan fingerprint density at radius 2 is 2.03 bits per heavy atom. The van der Waals surface area contributed by atoms with Gasteiger partial charge >= 0.3 is 6.18 Å². The molecule has 5 rings (SSSR count). The van der Waals surface area contributed by atoms with Crippen LogP contribution in [0.25, 0.3) is 11.0 Å². The third kappa shape index (κ3) is 4.50. The lowest BCUT2D eigenvalue weighted by Crippen LogP contribution is -2.38. The first-order valence-corrected chi connectivity index (χ1v) is 12.5. The van der Waals surface area contributed by atoms with Crippen LogP contribution in [0.3, 0.4) is 0 Å². The first-order valence-electron chi connectivity index (χ1n) is 11.7. The fourth-order valence-corrected chi connectivity index (χ4v) is 6.11. The number of halogens is 3. The molecule has 0 atom stereocenters. The molecule has 0 saturated heterocycles. The summed E-state index contributed by atoms with van der Waals surface area (Å²) in [5.74, 6) is 0.547. The van der Waals surface area contributed by atoms with E-state index in [-0.39, 0.29) is 18.4 Å². The summed E-state index contributed by atoms with van der Waals surface area (Å²) in [5, 5.41) is 2.55. The highest BCUT2D eigenvalue weighted by Gasteiger charge is 2.33. The van der Waals surface area contributed by atoms with E-state index in [0.717, 1.165) is 54.3 Å². The number of amides is 1. The van der Waals surface area contributed by atoms with Gasteiger partial charge in [0.25, 0.3) is 0 Å². The van der Waals surface area contributed by atoms with Crippen LogP contribution in [0.4, 0.5) is 13.2 Å². The molecule has 3 aromatic rings. The number of aldehydes is 1. The van der Waals surface area contributed by atoms with Gasteiger partial charge in [-0.05, 0) is 72.7 Å². The highest BCUT2D eigenvalue weighted by molar-refractivity contribution is 7.10. The Labute approximate surface area is 199 Å². The van der Waals surface area contributed by atoms with Gasteiger partial charge in [0.05, 0.1) is 13.1 Å². The zero-order valence-corrected chi connectivity index (χ0v) is 19.5. The molecule has 4 heterocycles. The predicted octanol–water partition coefficient (Wildman–Crippen LogP) is 5.45. The Kier molecular flexibility index (Phi) is 6.22. The van der Waals surface area contributed by atoms with Crippen LogP contribution in [0.5, 0.6) is 0 Å². The van der Waals surface area contributed by atoms with Crippen LogP contribution >= 0.6 is 11.3 Å². The molecule has 2 aliphatic rings. The smallest absolute Gasteiger partial charge is 0.337 e. The van der Waals surface area contributed by atoms with Gasteiger partial charge in [0.1, 0.15) is 16.8 Å². The Morgan fingerprint density at radius 1 is 1.24 bits per heavy atom. The third-order valence-electron chi connectivity index (χ3n) is 7.19. The highest BCUT2D eigenvalue weighted by Crippen LogP contribution is 2.36. The van der Waals surface area contributed by atoms with E-state index in [2.05, 4.69) is 4.98 Å². The van der Waals surface area contributed by atoms with E-state index in [1.54, 1.807) is 11.6 Å². The molecule has 3 aromatic heterocycles. The predicted molar refractivity (Wildman–Crippen MR) is 123 cm³/mol. The second kappa shape index (κ2) is 9.17. The number of aromatic nitrogens is 2. The normalized spacial score (nSPS) is 21.0. The molecule has 0 bridgehead atoms. The summed E-state index contributed by atoms with van der Waals surface area (Å²) >= 11 is 0.703. The number of pyridine rings is 1. The number of fused-ring (bicyclic) bond motifs is 3. The van der Waals surface area contributed by atoms with E-state index in [1.165, 1.54) is 6.07 Å². The van der Waals surface area contributed by atoms with Crippen molar-refractivity contribution < 1.29 is 22.8 Å². The second-order valence-corrected chi connectivity index (χ2v) is 10.3. The van der Waals surface area contributed by atoms with Crippen LogP contribution in [0.15, 0.2) is 29.8 Å². The van der Waals surface area contributed by atoms with Crippen molar-refractivity contribution in [1.29, 1.82) is 0 Å². The van der Waals surface area contributed by atoms with E-state index in [4.69, 9.17) is 0 Å². The van der Waals surface area contributed by atoms with Crippen molar-refractivity contribution in [2.45, 2.75) is 57.8 Å². The van der Waals surface area contributed by atoms with Crippen molar-refractivity contribution in [2.24, 2.45) is 11.8 Å². The maximum absolute atomic E-state index is 13.1. The molecule has 180 valence electrons. The van der Waals surface area contributed by atoms with Gasteiger partial charge < -0.3 is 14.3 Å². The Bertz CT molecular complexity index is 1210. The van der Waals surface area contributed by atoms with E-state index in [0.29, 0.717) is 48.7 Å². The summed E-state index contributed by atoms with van der Waals surface area (Å²) in [6.07, 6.45) is 3.06. The largest absolute Gasteiger partial charge is 0.425 e. The van der Waals surface area contributed by atoms with Crippen molar-refractivity contribution in [3.8, 4) is 0 Å².